The van der Waals surface area contributed by atoms with E-state index in [1.165, 1.54) is 0 Å². The SMILES string of the molecule is CCOCC(C)NC1CCCN(C(=O)OC(C)(C)C)CC1. The summed E-state index contributed by atoms with van der Waals surface area (Å²) in [5, 5.41) is 3.60. The fourth-order valence-corrected chi connectivity index (χ4v) is 2.52. The largest absolute Gasteiger partial charge is 0.444 e. The first-order valence-corrected chi connectivity index (χ1v) is 8.13. The maximum absolute atomic E-state index is 12.1. The summed E-state index contributed by atoms with van der Waals surface area (Å²) >= 11 is 0. The van der Waals surface area contributed by atoms with Crippen molar-refractivity contribution in [2.45, 2.75) is 71.6 Å². The summed E-state index contributed by atoms with van der Waals surface area (Å²) in [5.74, 6) is 0. The number of hydrogen-bond acceptors (Lipinski definition) is 4. The number of likely N-dealkylation sites (tertiary alicyclic amines) is 1. The highest BCUT2D eigenvalue weighted by molar-refractivity contribution is 5.68. The summed E-state index contributed by atoms with van der Waals surface area (Å²) in [6, 6.07) is 0.802. The Morgan fingerprint density at radius 1 is 1.33 bits per heavy atom. The lowest BCUT2D eigenvalue weighted by Gasteiger charge is -2.26. The maximum Gasteiger partial charge on any atom is 0.410 e. The molecule has 1 saturated heterocycles. The molecule has 1 aliphatic heterocycles. The van der Waals surface area contributed by atoms with Gasteiger partial charge in [0.05, 0.1) is 6.61 Å². The molecule has 21 heavy (non-hydrogen) atoms. The van der Waals surface area contributed by atoms with Crippen LogP contribution in [0.5, 0.6) is 0 Å². The first-order valence-electron chi connectivity index (χ1n) is 8.13. The summed E-state index contributed by atoms with van der Waals surface area (Å²) in [6.45, 7) is 12.9. The molecule has 1 N–H and O–H groups in total. The fraction of sp³-hybridized carbons (Fsp3) is 0.938. The van der Waals surface area contributed by atoms with E-state index in [0.29, 0.717) is 12.1 Å². The fourth-order valence-electron chi connectivity index (χ4n) is 2.52. The summed E-state index contributed by atoms with van der Waals surface area (Å²) < 4.78 is 10.9. The van der Waals surface area contributed by atoms with Crippen LogP contribution in [-0.4, -0.2) is 55.0 Å². The predicted octanol–water partition coefficient (Wildman–Crippen LogP) is 2.79. The Labute approximate surface area is 129 Å². The monoisotopic (exact) mass is 300 g/mol. The van der Waals surface area contributed by atoms with E-state index in [1.807, 2.05) is 32.6 Å². The third-order valence-electron chi connectivity index (χ3n) is 3.47. The van der Waals surface area contributed by atoms with Crippen molar-refractivity contribution in [1.82, 2.24) is 10.2 Å². The van der Waals surface area contributed by atoms with Crippen LogP contribution < -0.4 is 5.32 Å². The molecule has 0 saturated carbocycles. The third kappa shape index (κ3) is 7.67. The Hall–Kier alpha value is -0.810. The molecule has 1 fully saturated rings. The lowest BCUT2D eigenvalue weighted by Crippen LogP contribution is -2.41. The molecule has 0 aromatic carbocycles. The van der Waals surface area contributed by atoms with Crippen molar-refractivity contribution in [2.24, 2.45) is 0 Å². The van der Waals surface area contributed by atoms with Crippen LogP contribution in [0.3, 0.4) is 0 Å². The third-order valence-corrected chi connectivity index (χ3v) is 3.47. The number of carbonyl (C=O) groups excluding carboxylic acids is 1. The quantitative estimate of drug-likeness (QED) is 0.848. The van der Waals surface area contributed by atoms with E-state index in [4.69, 9.17) is 9.47 Å². The Kier molecular flexibility index (Phi) is 7.46. The number of nitrogens with zero attached hydrogens (tertiary/aromatic N) is 1. The van der Waals surface area contributed by atoms with Crippen molar-refractivity contribution in [3.05, 3.63) is 0 Å². The second-order valence-electron chi connectivity index (χ2n) is 6.82. The molecule has 0 aromatic heterocycles. The van der Waals surface area contributed by atoms with Crippen LogP contribution in [0.4, 0.5) is 4.79 Å². The van der Waals surface area contributed by atoms with Gasteiger partial charge in [0.1, 0.15) is 5.60 Å². The number of hydrogen-bond donors (Lipinski definition) is 1. The highest BCUT2D eigenvalue weighted by Gasteiger charge is 2.25. The van der Waals surface area contributed by atoms with Gasteiger partial charge in [0.25, 0.3) is 0 Å². The molecule has 2 unspecified atom stereocenters. The van der Waals surface area contributed by atoms with Gasteiger partial charge in [-0.05, 0) is 53.9 Å². The van der Waals surface area contributed by atoms with Crippen molar-refractivity contribution >= 4 is 6.09 Å². The van der Waals surface area contributed by atoms with Gasteiger partial charge in [-0.3, -0.25) is 0 Å². The zero-order valence-electron chi connectivity index (χ0n) is 14.3. The van der Waals surface area contributed by atoms with Crippen LogP contribution in [0.1, 0.15) is 53.9 Å². The molecule has 1 amide bonds. The lowest BCUT2D eigenvalue weighted by molar-refractivity contribution is 0.0255. The number of carbonyl (C=O) groups is 1. The van der Waals surface area contributed by atoms with Crippen molar-refractivity contribution < 1.29 is 14.3 Å². The average molecular weight is 300 g/mol. The zero-order valence-corrected chi connectivity index (χ0v) is 14.3. The first kappa shape index (κ1) is 18.2. The number of nitrogens with one attached hydrogen (secondary N) is 1. The van der Waals surface area contributed by atoms with Crippen molar-refractivity contribution in [1.29, 1.82) is 0 Å². The van der Waals surface area contributed by atoms with E-state index >= 15 is 0 Å². The van der Waals surface area contributed by atoms with Crippen LogP contribution in [0, 0.1) is 0 Å². The van der Waals surface area contributed by atoms with Gasteiger partial charge in [0, 0.05) is 31.8 Å². The van der Waals surface area contributed by atoms with Gasteiger partial charge in [-0.25, -0.2) is 4.79 Å². The Morgan fingerprint density at radius 2 is 2.05 bits per heavy atom. The molecule has 0 aliphatic carbocycles. The van der Waals surface area contributed by atoms with Crippen molar-refractivity contribution in [3.63, 3.8) is 0 Å². The summed E-state index contributed by atoms with van der Waals surface area (Å²) in [7, 11) is 0. The molecule has 1 aliphatic rings. The van der Waals surface area contributed by atoms with Gasteiger partial charge >= 0.3 is 6.09 Å². The Balaban J connectivity index is 2.38. The van der Waals surface area contributed by atoms with Gasteiger partial charge in [-0.2, -0.15) is 0 Å². The molecular weight excluding hydrogens is 268 g/mol. The van der Waals surface area contributed by atoms with Gasteiger partial charge < -0.3 is 19.7 Å². The molecule has 1 heterocycles. The maximum atomic E-state index is 12.1. The van der Waals surface area contributed by atoms with Crippen molar-refractivity contribution in [2.75, 3.05) is 26.3 Å². The average Bonchev–Trinajstić information content (AvgIpc) is 2.60. The van der Waals surface area contributed by atoms with Gasteiger partial charge in [-0.15, -0.1) is 0 Å². The highest BCUT2D eigenvalue weighted by atomic mass is 16.6. The van der Waals surface area contributed by atoms with E-state index in [2.05, 4.69) is 12.2 Å². The van der Waals surface area contributed by atoms with E-state index in [0.717, 1.165) is 45.6 Å². The molecule has 5 heteroatoms. The van der Waals surface area contributed by atoms with Gasteiger partial charge in [-0.1, -0.05) is 0 Å². The normalized spacial score (nSPS) is 21.8. The van der Waals surface area contributed by atoms with Gasteiger partial charge in [0.15, 0.2) is 0 Å². The Bertz CT molecular complexity index is 315. The molecule has 0 aromatic rings. The number of amides is 1. The Morgan fingerprint density at radius 3 is 2.67 bits per heavy atom. The molecule has 5 nitrogen and oxygen atoms in total. The second-order valence-corrected chi connectivity index (χ2v) is 6.82. The highest BCUT2D eigenvalue weighted by Crippen LogP contribution is 2.15. The van der Waals surface area contributed by atoms with Gasteiger partial charge in [0.2, 0.25) is 0 Å². The van der Waals surface area contributed by atoms with Crippen LogP contribution in [0.2, 0.25) is 0 Å². The molecule has 124 valence electrons. The predicted molar refractivity (Wildman–Crippen MR) is 84.5 cm³/mol. The first-order chi connectivity index (χ1) is 9.81. The van der Waals surface area contributed by atoms with Crippen molar-refractivity contribution in [3.8, 4) is 0 Å². The van der Waals surface area contributed by atoms with Crippen LogP contribution in [-0.2, 0) is 9.47 Å². The molecular formula is C16H32N2O3. The van der Waals surface area contributed by atoms with E-state index in [-0.39, 0.29) is 6.09 Å². The van der Waals surface area contributed by atoms with E-state index in [9.17, 15) is 4.79 Å². The summed E-state index contributed by atoms with van der Waals surface area (Å²) in [5.41, 5.74) is -0.424. The van der Waals surface area contributed by atoms with E-state index < -0.39 is 5.60 Å². The topological polar surface area (TPSA) is 50.8 Å². The molecule has 0 bridgehead atoms. The number of ether oxygens (including phenoxy) is 2. The second kappa shape index (κ2) is 8.59. The van der Waals surface area contributed by atoms with Crippen LogP contribution >= 0.6 is 0 Å². The zero-order chi connectivity index (χ0) is 15.9. The van der Waals surface area contributed by atoms with Crippen LogP contribution in [0.15, 0.2) is 0 Å². The minimum atomic E-state index is -0.424. The summed E-state index contributed by atoms with van der Waals surface area (Å²) in [4.78, 5) is 13.9. The van der Waals surface area contributed by atoms with Crippen LogP contribution in [0.25, 0.3) is 0 Å². The number of rotatable bonds is 5. The standard InChI is InChI=1S/C16H32N2O3/c1-6-20-12-13(2)17-14-8-7-10-18(11-9-14)15(19)21-16(3,4)5/h13-14,17H,6-12H2,1-5H3. The van der Waals surface area contributed by atoms with E-state index in [1.54, 1.807) is 0 Å². The minimum absolute atomic E-state index is 0.189. The molecule has 0 radical (unpaired) electrons. The summed E-state index contributed by atoms with van der Waals surface area (Å²) in [6.07, 6.45) is 2.88. The lowest BCUT2D eigenvalue weighted by atomic mass is 10.1. The minimum Gasteiger partial charge on any atom is -0.444 e. The molecule has 2 atom stereocenters. The smallest absolute Gasteiger partial charge is 0.410 e. The molecule has 0 spiro atoms. The molecule has 1 rings (SSSR count).